The molecule has 4 heteroatoms. The molecule has 0 heterocycles. The van der Waals surface area contributed by atoms with Crippen molar-refractivity contribution in [2.45, 2.75) is 52.6 Å². The van der Waals surface area contributed by atoms with Crippen LogP contribution in [0.3, 0.4) is 0 Å². The Bertz CT molecular complexity index is 433. The Balaban J connectivity index is 2.52. The number of nitrogens with zero attached hydrogens (tertiary/aromatic N) is 1. The summed E-state index contributed by atoms with van der Waals surface area (Å²) in [6.45, 7) is 7.61. The zero-order valence-corrected chi connectivity index (χ0v) is 13.7. The molecule has 0 aliphatic rings. The van der Waals surface area contributed by atoms with E-state index >= 15 is 0 Å². The molecule has 0 aliphatic heterocycles. The van der Waals surface area contributed by atoms with E-state index < -0.39 is 0 Å². The SMILES string of the molecule is CCCCCN(C(=O)NCc1cccc(OC)c1)C(C)C. The van der Waals surface area contributed by atoms with Crippen LogP contribution in [0.2, 0.25) is 0 Å². The van der Waals surface area contributed by atoms with Crippen LogP contribution in [-0.2, 0) is 6.54 Å². The second-order valence-electron chi connectivity index (χ2n) is 5.50. The molecule has 0 radical (unpaired) electrons. The van der Waals surface area contributed by atoms with Crippen molar-refractivity contribution in [3.63, 3.8) is 0 Å². The van der Waals surface area contributed by atoms with E-state index in [0.717, 1.165) is 37.1 Å². The number of hydrogen-bond donors (Lipinski definition) is 1. The first-order valence-electron chi connectivity index (χ1n) is 7.75. The van der Waals surface area contributed by atoms with Gasteiger partial charge in [0, 0.05) is 19.1 Å². The van der Waals surface area contributed by atoms with E-state index in [-0.39, 0.29) is 12.1 Å². The molecule has 2 amide bonds. The van der Waals surface area contributed by atoms with Crippen LogP contribution >= 0.6 is 0 Å². The van der Waals surface area contributed by atoms with Crippen molar-refractivity contribution < 1.29 is 9.53 Å². The standard InChI is InChI=1S/C17H28N2O2/c1-5-6-7-11-19(14(2)3)17(20)18-13-15-9-8-10-16(12-15)21-4/h8-10,12,14H,5-7,11,13H2,1-4H3,(H,18,20). The molecule has 1 aromatic rings. The zero-order valence-electron chi connectivity index (χ0n) is 13.7. The third-order valence-corrected chi connectivity index (χ3v) is 3.46. The highest BCUT2D eigenvalue weighted by Gasteiger charge is 2.15. The third kappa shape index (κ3) is 6.06. The zero-order chi connectivity index (χ0) is 15.7. The monoisotopic (exact) mass is 292 g/mol. The van der Waals surface area contributed by atoms with Gasteiger partial charge in [-0.3, -0.25) is 0 Å². The highest BCUT2D eigenvalue weighted by molar-refractivity contribution is 5.74. The Hall–Kier alpha value is -1.71. The summed E-state index contributed by atoms with van der Waals surface area (Å²) in [4.78, 5) is 14.2. The van der Waals surface area contributed by atoms with Crippen LogP contribution in [-0.4, -0.2) is 30.6 Å². The van der Waals surface area contributed by atoms with Crippen LogP contribution in [0.1, 0.15) is 45.6 Å². The van der Waals surface area contributed by atoms with Gasteiger partial charge in [-0.2, -0.15) is 0 Å². The van der Waals surface area contributed by atoms with Gasteiger partial charge < -0.3 is 15.0 Å². The maximum absolute atomic E-state index is 12.3. The lowest BCUT2D eigenvalue weighted by Crippen LogP contribution is -2.44. The molecule has 0 bridgehead atoms. The van der Waals surface area contributed by atoms with E-state index in [1.165, 1.54) is 0 Å². The average molecular weight is 292 g/mol. The molecular weight excluding hydrogens is 264 g/mol. The lowest BCUT2D eigenvalue weighted by Gasteiger charge is -2.27. The maximum atomic E-state index is 12.3. The predicted molar refractivity (Wildman–Crippen MR) is 86.6 cm³/mol. The van der Waals surface area contributed by atoms with Gasteiger partial charge in [0.05, 0.1) is 7.11 Å². The lowest BCUT2D eigenvalue weighted by molar-refractivity contribution is 0.181. The maximum Gasteiger partial charge on any atom is 0.317 e. The molecule has 0 aromatic heterocycles. The predicted octanol–water partition coefficient (Wildman–Crippen LogP) is 3.81. The van der Waals surface area contributed by atoms with Gasteiger partial charge in [-0.25, -0.2) is 4.79 Å². The van der Waals surface area contributed by atoms with Gasteiger partial charge in [0.15, 0.2) is 0 Å². The molecule has 0 spiro atoms. The van der Waals surface area contributed by atoms with Crippen molar-refractivity contribution in [3.05, 3.63) is 29.8 Å². The Labute approximate surface area is 128 Å². The second-order valence-corrected chi connectivity index (χ2v) is 5.50. The smallest absolute Gasteiger partial charge is 0.317 e. The van der Waals surface area contributed by atoms with Crippen molar-refractivity contribution in [3.8, 4) is 5.75 Å². The molecule has 0 unspecified atom stereocenters. The normalized spacial score (nSPS) is 10.5. The quantitative estimate of drug-likeness (QED) is 0.740. The van der Waals surface area contributed by atoms with Gasteiger partial charge in [0.25, 0.3) is 0 Å². The molecule has 21 heavy (non-hydrogen) atoms. The number of carbonyl (C=O) groups is 1. The van der Waals surface area contributed by atoms with Crippen molar-refractivity contribution >= 4 is 6.03 Å². The summed E-state index contributed by atoms with van der Waals surface area (Å²) in [5, 5.41) is 2.99. The Morgan fingerprint density at radius 1 is 1.33 bits per heavy atom. The summed E-state index contributed by atoms with van der Waals surface area (Å²) in [6.07, 6.45) is 3.38. The third-order valence-electron chi connectivity index (χ3n) is 3.46. The van der Waals surface area contributed by atoms with Crippen LogP contribution in [0.4, 0.5) is 4.79 Å². The van der Waals surface area contributed by atoms with Crippen LogP contribution in [0.15, 0.2) is 24.3 Å². The van der Waals surface area contributed by atoms with E-state index in [1.54, 1.807) is 7.11 Å². The Morgan fingerprint density at radius 3 is 2.71 bits per heavy atom. The molecule has 0 saturated heterocycles. The first-order valence-corrected chi connectivity index (χ1v) is 7.75. The summed E-state index contributed by atoms with van der Waals surface area (Å²) in [5.74, 6) is 0.811. The number of carbonyl (C=O) groups excluding carboxylic acids is 1. The van der Waals surface area contributed by atoms with Crippen molar-refractivity contribution in [1.82, 2.24) is 10.2 Å². The number of ether oxygens (including phenoxy) is 1. The number of unbranched alkanes of at least 4 members (excludes halogenated alkanes) is 2. The first-order chi connectivity index (χ1) is 10.1. The Kier molecular flexibility index (Phi) is 7.65. The minimum Gasteiger partial charge on any atom is -0.497 e. The summed E-state index contributed by atoms with van der Waals surface area (Å²) in [7, 11) is 1.64. The molecule has 0 atom stereocenters. The molecular formula is C17H28N2O2. The average Bonchev–Trinajstić information content (AvgIpc) is 2.49. The van der Waals surface area contributed by atoms with Gasteiger partial charge in [-0.1, -0.05) is 31.9 Å². The minimum atomic E-state index is 0.00363. The Morgan fingerprint density at radius 2 is 2.10 bits per heavy atom. The molecule has 118 valence electrons. The number of amides is 2. The highest BCUT2D eigenvalue weighted by Crippen LogP contribution is 2.12. The second kappa shape index (κ2) is 9.27. The van der Waals surface area contributed by atoms with E-state index in [1.807, 2.05) is 29.2 Å². The first kappa shape index (κ1) is 17.3. The summed E-state index contributed by atoms with van der Waals surface area (Å²) in [5.41, 5.74) is 1.04. The highest BCUT2D eigenvalue weighted by atomic mass is 16.5. The van der Waals surface area contributed by atoms with Crippen LogP contribution in [0.25, 0.3) is 0 Å². The van der Waals surface area contributed by atoms with Crippen LogP contribution in [0, 0.1) is 0 Å². The molecule has 1 N–H and O–H groups in total. The molecule has 1 rings (SSSR count). The number of benzene rings is 1. The van der Waals surface area contributed by atoms with E-state index in [9.17, 15) is 4.79 Å². The summed E-state index contributed by atoms with van der Waals surface area (Å²) >= 11 is 0. The molecule has 1 aromatic carbocycles. The number of urea groups is 1. The van der Waals surface area contributed by atoms with Crippen molar-refractivity contribution in [2.24, 2.45) is 0 Å². The van der Waals surface area contributed by atoms with Gasteiger partial charge in [0.2, 0.25) is 0 Å². The lowest BCUT2D eigenvalue weighted by atomic mass is 10.2. The molecule has 4 nitrogen and oxygen atoms in total. The topological polar surface area (TPSA) is 41.6 Å². The number of nitrogens with one attached hydrogen (secondary N) is 1. The fourth-order valence-corrected chi connectivity index (χ4v) is 2.19. The largest absolute Gasteiger partial charge is 0.497 e. The number of rotatable bonds is 8. The van der Waals surface area contributed by atoms with Gasteiger partial charge >= 0.3 is 6.03 Å². The van der Waals surface area contributed by atoms with E-state index in [4.69, 9.17) is 4.74 Å². The number of hydrogen-bond acceptors (Lipinski definition) is 2. The van der Waals surface area contributed by atoms with Gasteiger partial charge in [0.1, 0.15) is 5.75 Å². The number of methoxy groups -OCH3 is 1. The summed E-state index contributed by atoms with van der Waals surface area (Å²) < 4.78 is 5.19. The van der Waals surface area contributed by atoms with Crippen LogP contribution < -0.4 is 10.1 Å². The minimum absolute atomic E-state index is 0.00363. The fourth-order valence-electron chi connectivity index (χ4n) is 2.19. The molecule has 0 saturated carbocycles. The molecule has 0 aliphatic carbocycles. The fraction of sp³-hybridized carbons (Fsp3) is 0.588. The summed E-state index contributed by atoms with van der Waals surface area (Å²) in [6, 6.07) is 7.98. The van der Waals surface area contributed by atoms with E-state index in [0.29, 0.717) is 6.54 Å². The van der Waals surface area contributed by atoms with Crippen molar-refractivity contribution in [2.75, 3.05) is 13.7 Å². The van der Waals surface area contributed by atoms with Gasteiger partial charge in [-0.05, 0) is 38.0 Å². The van der Waals surface area contributed by atoms with Crippen LogP contribution in [0.5, 0.6) is 5.75 Å². The van der Waals surface area contributed by atoms with Crippen molar-refractivity contribution in [1.29, 1.82) is 0 Å². The molecule has 0 fully saturated rings. The van der Waals surface area contributed by atoms with Gasteiger partial charge in [-0.15, -0.1) is 0 Å². The van der Waals surface area contributed by atoms with E-state index in [2.05, 4.69) is 26.1 Å².